The van der Waals surface area contributed by atoms with E-state index in [0.29, 0.717) is 12.8 Å². The number of hydrogen-bond donors (Lipinski definition) is 4. The first kappa shape index (κ1) is 22.2. The molecule has 0 bridgehead atoms. The highest BCUT2D eigenvalue weighted by atomic mass is 32.2. The molecule has 0 saturated carbocycles. The van der Waals surface area contributed by atoms with Crippen LogP contribution in [0.4, 0.5) is 0 Å². The van der Waals surface area contributed by atoms with Crippen LogP contribution in [-0.2, 0) is 28.5 Å². The van der Waals surface area contributed by atoms with E-state index in [0.717, 1.165) is 28.3 Å². The molecule has 160 valence electrons. The van der Waals surface area contributed by atoms with E-state index in [1.165, 1.54) is 11.3 Å². The number of nitrogens with one attached hydrogen (secondary N) is 2. The summed E-state index contributed by atoms with van der Waals surface area (Å²) >= 11 is 1.52. The maximum Gasteiger partial charge on any atom is 0.224 e. The molecule has 7 nitrogen and oxygen atoms in total. The normalized spacial score (nSPS) is 17.0. The summed E-state index contributed by atoms with van der Waals surface area (Å²) in [6.07, 6.45) is 7.82. The minimum Gasteiger partial charge on any atom is -0.508 e. The summed E-state index contributed by atoms with van der Waals surface area (Å²) in [5.74, 6) is -0.0213. The highest BCUT2D eigenvalue weighted by Gasteiger charge is 2.21. The number of phenolic OH excluding ortho intramolecular Hbond substituents is 1. The number of benzene rings is 1. The summed E-state index contributed by atoms with van der Waals surface area (Å²) in [6, 6.07) is 6.14. The van der Waals surface area contributed by atoms with Gasteiger partial charge in [0.25, 0.3) is 0 Å². The molecule has 1 unspecified atom stereocenters. The molecule has 0 saturated heterocycles. The zero-order valence-corrected chi connectivity index (χ0v) is 18.3. The van der Waals surface area contributed by atoms with Crippen molar-refractivity contribution < 1.29 is 18.3 Å². The average Bonchev–Trinajstić information content (AvgIpc) is 3.18. The first-order chi connectivity index (χ1) is 14.4. The van der Waals surface area contributed by atoms with Crippen LogP contribution in [0.3, 0.4) is 0 Å². The molecule has 1 amide bonds. The molecular formula is C21H25N3O4S2. The molecule has 0 fully saturated rings. The first-order valence-electron chi connectivity index (χ1n) is 9.72. The second kappa shape index (κ2) is 10.5. The van der Waals surface area contributed by atoms with Gasteiger partial charge in [0.1, 0.15) is 10.8 Å². The lowest BCUT2D eigenvalue weighted by atomic mass is 9.98. The van der Waals surface area contributed by atoms with Gasteiger partial charge in [-0.2, -0.15) is 0 Å². The molecule has 1 heterocycles. The van der Waals surface area contributed by atoms with Crippen molar-refractivity contribution in [3.05, 3.63) is 69.7 Å². The van der Waals surface area contributed by atoms with Crippen molar-refractivity contribution in [2.75, 3.05) is 0 Å². The molecule has 0 aliphatic heterocycles. The lowest BCUT2D eigenvalue weighted by Gasteiger charge is -2.20. The summed E-state index contributed by atoms with van der Waals surface area (Å²) in [4.78, 5) is 17.3. The van der Waals surface area contributed by atoms with E-state index in [2.05, 4.69) is 15.0 Å². The van der Waals surface area contributed by atoms with Crippen LogP contribution in [-0.4, -0.2) is 30.5 Å². The molecule has 2 aromatic rings. The Morgan fingerprint density at radius 1 is 1.40 bits per heavy atom. The minimum atomic E-state index is -2.64. The zero-order chi connectivity index (χ0) is 21.5. The molecular weight excluding hydrogens is 422 g/mol. The van der Waals surface area contributed by atoms with E-state index >= 15 is 0 Å². The summed E-state index contributed by atoms with van der Waals surface area (Å²) in [7, 11) is -2.64. The van der Waals surface area contributed by atoms with Crippen LogP contribution in [0.15, 0.2) is 53.4 Å². The van der Waals surface area contributed by atoms with Crippen LogP contribution in [0.1, 0.15) is 42.1 Å². The van der Waals surface area contributed by atoms with E-state index < -0.39 is 10.9 Å². The summed E-state index contributed by atoms with van der Waals surface area (Å²) in [5, 5.41) is 15.5. The fourth-order valence-corrected chi connectivity index (χ4v) is 4.64. The van der Waals surface area contributed by atoms with Gasteiger partial charge in [0, 0.05) is 11.4 Å². The first-order valence-corrected chi connectivity index (χ1v) is 11.8. The van der Waals surface area contributed by atoms with Crippen LogP contribution < -0.4 is 10.0 Å². The molecule has 3 rings (SSSR count). The number of allylic oxidation sites excluding steroid dienone is 1. The highest BCUT2D eigenvalue weighted by Crippen LogP contribution is 2.27. The van der Waals surface area contributed by atoms with Gasteiger partial charge in [0.15, 0.2) is 0 Å². The summed E-state index contributed by atoms with van der Waals surface area (Å²) in [6.45, 7) is 2.04. The number of aromatic hydroxyl groups is 1. The average molecular weight is 448 g/mol. The topological polar surface area (TPSA) is 108 Å². The van der Waals surface area contributed by atoms with Crippen molar-refractivity contribution >= 4 is 28.1 Å². The Hall–Kier alpha value is -2.49. The molecule has 2 atom stereocenters. The molecule has 30 heavy (non-hydrogen) atoms. The zero-order valence-electron chi connectivity index (χ0n) is 16.6. The van der Waals surface area contributed by atoms with Crippen molar-refractivity contribution in [2.24, 2.45) is 0 Å². The minimum absolute atomic E-state index is 0.129. The van der Waals surface area contributed by atoms with Crippen LogP contribution in [0.25, 0.3) is 0 Å². The fraction of sp³-hybridized carbons (Fsp3) is 0.333. The third-order valence-corrected chi connectivity index (χ3v) is 6.28. The standard InChI is InChI=1S/C21H25N3O4S2/c1-2-16-13-29-21(22-16)19(11-14-6-8-17(9-7-14)24-30(27)28)23-20(26)12-15-4-3-5-18(25)10-15/h3-8,10,13,17,19,25,30H,2,9,11-12H2,1H3,(H,23,26)(H,24,27,28)/t17?,19-/m0/s1. The predicted molar refractivity (Wildman–Crippen MR) is 118 cm³/mol. The third kappa shape index (κ3) is 6.51. The van der Waals surface area contributed by atoms with Crippen molar-refractivity contribution in [3.8, 4) is 5.75 Å². The van der Waals surface area contributed by atoms with Crippen molar-refractivity contribution in [2.45, 2.75) is 44.7 Å². The second-order valence-corrected chi connectivity index (χ2v) is 8.73. The summed E-state index contributed by atoms with van der Waals surface area (Å²) < 4.78 is 24.2. The third-order valence-electron chi connectivity index (χ3n) is 4.73. The quantitative estimate of drug-likeness (QED) is 0.442. The Balaban J connectivity index is 1.70. The molecule has 1 aromatic carbocycles. The van der Waals surface area contributed by atoms with E-state index in [4.69, 9.17) is 0 Å². The van der Waals surface area contributed by atoms with E-state index in [1.807, 2.05) is 30.5 Å². The number of aryl methyl sites for hydroxylation is 1. The molecule has 3 N–H and O–H groups in total. The van der Waals surface area contributed by atoms with Crippen LogP contribution in [0.2, 0.25) is 0 Å². The smallest absolute Gasteiger partial charge is 0.224 e. The van der Waals surface area contributed by atoms with Gasteiger partial charge >= 0.3 is 0 Å². The maximum atomic E-state index is 12.7. The molecule has 0 radical (unpaired) electrons. The van der Waals surface area contributed by atoms with E-state index in [9.17, 15) is 18.3 Å². The number of nitrogens with zero attached hydrogens (tertiary/aromatic N) is 1. The van der Waals surface area contributed by atoms with Crippen LogP contribution >= 0.6 is 11.3 Å². The van der Waals surface area contributed by atoms with E-state index in [1.54, 1.807) is 24.3 Å². The number of amides is 1. The Labute approximate surface area is 181 Å². The number of carbonyl (C=O) groups is 1. The van der Waals surface area contributed by atoms with Gasteiger partial charge in [-0.05, 0) is 42.5 Å². The monoisotopic (exact) mass is 447 g/mol. The number of phenols is 1. The molecule has 1 aromatic heterocycles. The second-order valence-electron chi connectivity index (χ2n) is 7.07. The van der Waals surface area contributed by atoms with Gasteiger partial charge < -0.3 is 10.4 Å². The summed E-state index contributed by atoms with van der Waals surface area (Å²) in [5.41, 5.74) is 2.74. The van der Waals surface area contributed by atoms with Gasteiger partial charge in [0.05, 0.1) is 18.2 Å². The van der Waals surface area contributed by atoms with Crippen LogP contribution in [0, 0.1) is 0 Å². The Morgan fingerprint density at radius 3 is 2.87 bits per heavy atom. The Kier molecular flexibility index (Phi) is 7.78. The van der Waals surface area contributed by atoms with Crippen molar-refractivity contribution in [3.63, 3.8) is 0 Å². The molecule has 1 aliphatic rings. The Bertz CT molecular complexity index is 1020. The predicted octanol–water partition coefficient (Wildman–Crippen LogP) is 2.57. The number of thiazole rings is 1. The maximum absolute atomic E-state index is 12.7. The molecule has 1 aliphatic carbocycles. The van der Waals surface area contributed by atoms with Gasteiger partial charge in [-0.25, -0.2) is 18.1 Å². The largest absolute Gasteiger partial charge is 0.508 e. The van der Waals surface area contributed by atoms with Crippen molar-refractivity contribution in [1.82, 2.24) is 15.0 Å². The number of carbonyl (C=O) groups excluding carboxylic acids is 1. The van der Waals surface area contributed by atoms with Gasteiger partial charge in [0.2, 0.25) is 16.8 Å². The van der Waals surface area contributed by atoms with Crippen LogP contribution in [0.5, 0.6) is 5.75 Å². The fourth-order valence-electron chi connectivity index (χ4n) is 3.23. The number of aromatic nitrogens is 1. The lowest BCUT2D eigenvalue weighted by molar-refractivity contribution is -0.121. The molecule has 0 spiro atoms. The van der Waals surface area contributed by atoms with E-state index in [-0.39, 0.29) is 30.2 Å². The highest BCUT2D eigenvalue weighted by molar-refractivity contribution is 7.70. The lowest BCUT2D eigenvalue weighted by Crippen LogP contribution is -2.31. The van der Waals surface area contributed by atoms with Gasteiger partial charge in [-0.3, -0.25) is 4.79 Å². The SMILES string of the molecule is CCc1csc([C@H](CC2=CCC(N[SH](=O)=O)C=C2)NC(=O)Cc2cccc(O)c2)n1. The van der Waals surface area contributed by atoms with Crippen molar-refractivity contribution in [1.29, 1.82) is 0 Å². The number of thiol groups is 1. The number of rotatable bonds is 9. The number of hydrogen-bond acceptors (Lipinski definition) is 6. The Morgan fingerprint density at radius 2 is 2.23 bits per heavy atom. The molecule has 9 heteroatoms. The van der Waals surface area contributed by atoms with Gasteiger partial charge in [-0.15, -0.1) is 11.3 Å². The van der Waals surface area contributed by atoms with Gasteiger partial charge in [-0.1, -0.05) is 37.3 Å².